The summed E-state index contributed by atoms with van der Waals surface area (Å²) in [5, 5.41) is 21.2. The van der Waals surface area contributed by atoms with E-state index >= 15 is 0 Å². The van der Waals surface area contributed by atoms with Gasteiger partial charge >= 0.3 is 0 Å². The van der Waals surface area contributed by atoms with Gasteiger partial charge in [-0.3, -0.25) is 4.79 Å². The smallest absolute Gasteiger partial charge is 0.276 e. The summed E-state index contributed by atoms with van der Waals surface area (Å²) < 4.78 is 11.7. The van der Waals surface area contributed by atoms with Gasteiger partial charge in [0, 0.05) is 22.9 Å². The van der Waals surface area contributed by atoms with Gasteiger partial charge in [-0.25, -0.2) is 0 Å². The number of ether oxygens (including phenoxy) is 2. The van der Waals surface area contributed by atoms with Crippen molar-refractivity contribution in [3.8, 4) is 0 Å². The maximum absolute atomic E-state index is 12.1. The summed E-state index contributed by atoms with van der Waals surface area (Å²) in [4.78, 5) is 12.1. The lowest BCUT2D eigenvalue weighted by atomic mass is 9.91. The number of hydrogen-bond donors (Lipinski definition) is 2. The molecule has 0 spiro atoms. The van der Waals surface area contributed by atoms with Crippen LogP contribution < -0.4 is 5.32 Å². The second-order valence-electron chi connectivity index (χ2n) is 8.30. The van der Waals surface area contributed by atoms with E-state index in [2.05, 4.69) is 22.4 Å². The van der Waals surface area contributed by atoms with Crippen molar-refractivity contribution < 1.29 is 19.4 Å². The molecule has 1 amide bonds. The highest BCUT2D eigenvalue weighted by molar-refractivity contribution is 8.01. The van der Waals surface area contributed by atoms with Crippen LogP contribution in [-0.4, -0.2) is 36.9 Å². The number of carbonyl (C=O) groups excluding carboxylic acids is 1. The van der Waals surface area contributed by atoms with E-state index in [0.29, 0.717) is 17.0 Å². The molecule has 3 aromatic rings. The van der Waals surface area contributed by atoms with Crippen LogP contribution in [0.1, 0.15) is 41.0 Å². The zero-order valence-corrected chi connectivity index (χ0v) is 23.3. The second kappa shape index (κ2) is 12.0. The Morgan fingerprint density at radius 2 is 1.89 bits per heavy atom. The summed E-state index contributed by atoms with van der Waals surface area (Å²) in [6.45, 7) is 3.99. The van der Waals surface area contributed by atoms with Crippen molar-refractivity contribution in [2.75, 3.05) is 11.1 Å². The Labute approximate surface area is 232 Å². The summed E-state index contributed by atoms with van der Waals surface area (Å²) in [7, 11) is 0. The van der Waals surface area contributed by atoms with Gasteiger partial charge in [0.25, 0.3) is 9.70 Å². The molecule has 4 unspecified atom stereocenters. The highest BCUT2D eigenvalue weighted by Gasteiger charge is 2.39. The van der Waals surface area contributed by atoms with Crippen molar-refractivity contribution in [2.24, 2.45) is 5.92 Å². The molecule has 192 valence electrons. The number of thioether (sulfide) groups is 1. The number of benzene rings is 2. The van der Waals surface area contributed by atoms with Crippen molar-refractivity contribution >= 4 is 69.5 Å². The molecule has 0 radical (unpaired) electrons. The van der Waals surface area contributed by atoms with Crippen LogP contribution in [0.25, 0.3) is 0 Å². The number of amides is 1. The molecule has 36 heavy (non-hydrogen) atoms. The minimum atomic E-state index is -2.08. The van der Waals surface area contributed by atoms with E-state index in [9.17, 15) is 9.90 Å². The Hall–Kier alpha value is -1.43. The fourth-order valence-electron chi connectivity index (χ4n) is 3.77. The van der Waals surface area contributed by atoms with Crippen LogP contribution in [0.15, 0.2) is 52.9 Å². The molecule has 2 heterocycles. The zero-order chi connectivity index (χ0) is 25.9. The monoisotopic (exact) mass is 587 g/mol. The van der Waals surface area contributed by atoms with Gasteiger partial charge in [0.15, 0.2) is 10.6 Å². The van der Waals surface area contributed by atoms with Crippen LogP contribution in [-0.2, 0) is 20.9 Å². The van der Waals surface area contributed by atoms with E-state index in [1.54, 1.807) is 41.3 Å². The average Bonchev–Trinajstić information content (AvgIpc) is 3.28. The third kappa shape index (κ3) is 6.90. The topological polar surface area (TPSA) is 93.6 Å². The van der Waals surface area contributed by atoms with Crippen LogP contribution in [0.3, 0.4) is 0 Å². The first-order valence-corrected chi connectivity index (χ1v) is 14.0. The molecule has 1 fully saturated rings. The number of aliphatic hydroxyl groups excluding tert-OH is 1. The largest absolute Gasteiger partial charge is 0.392 e. The van der Waals surface area contributed by atoms with Crippen LogP contribution in [0.5, 0.6) is 0 Å². The summed E-state index contributed by atoms with van der Waals surface area (Å²) in [5.74, 6) is -0.0767. The number of aryl methyl sites for hydroxylation is 1. The number of alkyl halides is 3. The number of anilines is 1. The highest BCUT2D eigenvalue weighted by Crippen LogP contribution is 2.43. The summed E-state index contributed by atoms with van der Waals surface area (Å²) in [5.41, 5.74) is 2.97. The molecule has 4 rings (SSSR count). The summed E-state index contributed by atoms with van der Waals surface area (Å²) in [6.07, 6.45) is -1.13. The van der Waals surface area contributed by atoms with Crippen molar-refractivity contribution in [1.29, 1.82) is 0 Å². The number of rotatable bonds is 7. The van der Waals surface area contributed by atoms with E-state index in [1.165, 1.54) is 0 Å². The first kappa shape index (κ1) is 27.6. The quantitative estimate of drug-likeness (QED) is 0.250. The minimum absolute atomic E-state index is 0.0231. The van der Waals surface area contributed by atoms with Crippen LogP contribution >= 0.6 is 57.9 Å². The third-order valence-electron chi connectivity index (χ3n) is 5.68. The van der Waals surface area contributed by atoms with E-state index < -0.39 is 16.0 Å². The predicted molar refractivity (Wildman–Crippen MR) is 144 cm³/mol. The molecule has 12 heteroatoms. The molecule has 0 bridgehead atoms. The maximum Gasteiger partial charge on any atom is 0.276 e. The number of aliphatic hydroxyl groups is 1. The van der Waals surface area contributed by atoms with Gasteiger partial charge in [0.05, 0.1) is 18.8 Å². The molecule has 1 aliphatic heterocycles. The Kier molecular flexibility index (Phi) is 9.17. The van der Waals surface area contributed by atoms with Crippen molar-refractivity contribution in [3.05, 3.63) is 70.2 Å². The Balaban J connectivity index is 1.59. The lowest BCUT2D eigenvalue weighted by molar-refractivity contribution is -0.268. The van der Waals surface area contributed by atoms with E-state index in [0.717, 1.165) is 20.5 Å². The molecule has 1 aliphatic rings. The number of carbonyl (C=O) groups is 1. The fraction of sp³-hybridized carbons (Fsp3) is 0.375. The molecular weight excluding hydrogens is 565 g/mol. The first-order chi connectivity index (χ1) is 17.1. The summed E-state index contributed by atoms with van der Waals surface area (Å²) in [6, 6.07) is 14.8. The maximum atomic E-state index is 12.1. The zero-order valence-electron chi connectivity index (χ0n) is 19.4. The SMILES string of the molecule is Cc1nnc(SCC2OC(c3cccc(NC(=O)C(Cl)(Cl)Cl)c3)OC(c3ccc(CO)cc3)C2C)s1. The van der Waals surface area contributed by atoms with Gasteiger partial charge in [0.2, 0.25) is 0 Å². The normalized spacial score (nSPS) is 22.4. The standard InChI is InChI=1S/C24H24Cl3N3O4S2/c1-13-19(12-35-23-30-29-14(2)36-23)33-21(34-20(13)16-8-6-15(11-31)7-9-16)17-4-3-5-18(10-17)28-22(32)24(25,26)27/h3-10,13,19-21,31H,11-12H2,1-2H3,(H,28,32). The first-order valence-electron chi connectivity index (χ1n) is 11.1. The van der Waals surface area contributed by atoms with Gasteiger partial charge in [-0.05, 0) is 30.2 Å². The van der Waals surface area contributed by atoms with E-state index in [1.807, 2.05) is 37.3 Å². The number of halogens is 3. The molecule has 1 aromatic heterocycles. The number of nitrogens with zero attached hydrogens (tertiary/aromatic N) is 2. The van der Waals surface area contributed by atoms with E-state index in [-0.39, 0.29) is 24.7 Å². The van der Waals surface area contributed by atoms with Gasteiger partial charge < -0.3 is 19.9 Å². The van der Waals surface area contributed by atoms with Gasteiger partial charge in [-0.15, -0.1) is 10.2 Å². The molecule has 2 aromatic carbocycles. The lowest BCUT2D eigenvalue weighted by Gasteiger charge is -2.41. The number of hydrogen-bond acceptors (Lipinski definition) is 8. The van der Waals surface area contributed by atoms with Crippen LogP contribution in [0, 0.1) is 12.8 Å². The number of aromatic nitrogens is 2. The molecular formula is C24H24Cl3N3O4S2. The fourth-order valence-corrected chi connectivity index (χ4v) is 5.91. The highest BCUT2D eigenvalue weighted by atomic mass is 35.6. The minimum Gasteiger partial charge on any atom is -0.392 e. The van der Waals surface area contributed by atoms with E-state index in [4.69, 9.17) is 44.3 Å². The van der Waals surface area contributed by atoms with Gasteiger partial charge in [-0.1, -0.05) is 101 Å². The Bertz CT molecular complexity index is 1190. The molecule has 1 saturated heterocycles. The van der Waals surface area contributed by atoms with Crippen molar-refractivity contribution in [1.82, 2.24) is 10.2 Å². The molecule has 4 atom stereocenters. The number of nitrogens with one attached hydrogen (secondary N) is 1. The van der Waals surface area contributed by atoms with Crippen molar-refractivity contribution in [2.45, 2.75) is 47.1 Å². The Morgan fingerprint density at radius 1 is 1.14 bits per heavy atom. The van der Waals surface area contributed by atoms with Gasteiger partial charge in [0.1, 0.15) is 5.01 Å². The lowest BCUT2D eigenvalue weighted by Crippen LogP contribution is -2.38. The Morgan fingerprint density at radius 3 is 2.53 bits per heavy atom. The van der Waals surface area contributed by atoms with Crippen LogP contribution in [0.2, 0.25) is 0 Å². The molecule has 0 aliphatic carbocycles. The molecule has 2 N–H and O–H groups in total. The van der Waals surface area contributed by atoms with Gasteiger partial charge in [-0.2, -0.15) is 0 Å². The average molecular weight is 589 g/mol. The molecule has 7 nitrogen and oxygen atoms in total. The summed E-state index contributed by atoms with van der Waals surface area (Å²) >= 11 is 20.2. The van der Waals surface area contributed by atoms with Crippen molar-refractivity contribution in [3.63, 3.8) is 0 Å². The predicted octanol–water partition coefficient (Wildman–Crippen LogP) is 6.23. The third-order valence-corrected chi connectivity index (χ3v) is 8.25. The second-order valence-corrected chi connectivity index (χ2v) is 13.0. The van der Waals surface area contributed by atoms with Crippen LogP contribution in [0.4, 0.5) is 5.69 Å². The molecule has 0 saturated carbocycles.